The van der Waals surface area contributed by atoms with E-state index in [9.17, 15) is 9.59 Å². The first-order valence-corrected chi connectivity index (χ1v) is 6.10. The average Bonchev–Trinajstić information content (AvgIpc) is 2.63. The Morgan fingerprint density at radius 1 is 1.58 bits per heavy atom. The molecule has 3 rings (SSSR count). The minimum Gasteiger partial charge on any atom is -0.462 e. The van der Waals surface area contributed by atoms with Gasteiger partial charge in [0.2, 0.25) is 0 Å². The van der Waals surface area contributed by atoms with Crippen molar-refractivity contribution < 1.29 is 19.0 Å². The maximum Gasteiger partial charge on any atom is 0.303 e. The van der Waals surface area contributed by atoms with Gasteiger partial charge in [-0.25, -0.2) is 0 Å². The molecule has 19 heavy (non-hydrogen) atoms. The van der Waals surface area contributed by atoms with Gasteiger partial charge in [0.15, 0.2) is 0 Å². The van der Waals surface area contributed by atoms with Crippen molar-refractivity contribution in [3.05, 3.63) is 22.1 Å². The molecule has 1 aromatic rings. The molecule has 0 aliphatic carbocycles. The molecule has 0 spiro atoms. The molecule has 3 atom stereocenters. The molecule has 7 nitrogen and oxygen atoms in total. The van der Waals surface area contributed by atoms with Gasteiger partial charge in [0, 0.05) is 25.1 Å². The Morgan fingerprint density at radius 2 is 2.37 bits per heavy atom. The van der Waals surface area contributed by atoms with Crippen molar-refractivity contribution in [1.82, 2.24) is 9.55 Å². The zero-order valence-electron chi connectivity index (χ0n) is 10.7. The summed E-state index contributed by atoms with van der Waals surface area (Å²) < 4.78 is 18.1. The molecule has 0 N–H and O–H groups in total. The third-order valence-corrected chi connectivity index (χ3v) is 3.27. The number of nitrogens with zero attached hydrogens (tertiary/aromatic N) is 2. The van der Waals surface area contributed by atoms with Gasteiger partial charge in [0.05, 0.1) is 0 Å². The minimum atomic E-state index is -0.339. The highest BCUT2D eigenvalue weighted by molar-refractivity contribution is 5.66. The van der Waals surface area contributed by atoms with E-state index < -0.39 is 0 Å². The van der Waals surface area contributed by atoms with Gasteiger partial charge in [-0.3, -0.25) is 14.2 Å². The van der Waals surface area contributed by atoms with Crippen LogP contribution in [0.25, 0.3) is 0 Å². The molecule has 1 aromatic heterocycles. The van der Waals surface area contributed by atoms with E-state index in [0.29, 0.717) is 12.0 Å². The van der Waals surface area contributed by atoms with E-state index in [1.54, 1.807) is 17.7 Å². The quantitative estimate of drug-likeness (QED) is 0.674. The molecule has 1 fully saturated rings. The predicted octanol–water partition coefficient (Wildman–Crippen LogP) is 0.163. The maximum absolute atomic E-state index is 11.5. The normalized spacial score (nSPS) is 28.2. The van der Waals surface area contributed by atoms with Gasteiger partial charge >= 0.3 is 12.0 Å². The van der Waals surface area contributed by atoms with Crippen molar-refractivity contribution in [2.75, 3.05) is 6.61 Å². The Balaban J connectivity index is 1.93. The molecule has 0 saturated carbocycles. The van der Waals surface area contributed by atoms with E-state index >= 15 is 0 Å². The summed E-state index contributed by atoms with van der Waals surface area (Å²) in [6.07, 6.45) is 1.22. The van der Waals surface area contributed by atoms with Crippen LogP contribution < -0.4 is 10.3 Å². The van der Waals surface area contributed by atoms with Crippen molar-refractivity contribution in [2.24, 2.45) is 0 Å². The third-order valence-electron chi connectivity index (χ3n) is 3.27. The zero-order valence-corrected chi connectivity index (χ0v) is 10.7. The summed E-state index contributed by atoms with van der Waals surface area (Å²) in [5, 5.41) is 0. The number of ether oxygens (including phenoxy) is 3. The van der Waals surface area contributed by atoms with Crippen LogP contribution in [0, 0.1) is 6.92 Å². The fraction of sp³-hybridized carbons (Fsp3) is 0.583. The molecule has 102 valence electrons. The lowest BCUT2D eigenvalue weighted by atomic mass is 10.2. The van der Waals surface area contributed by atoms with Crippen LogP contribution in [0.2, 0.25) is 0 Å². The van der Waals surface area contributed by atoms with E-state index in [4.69, 9.17) is 14.2 Å². The Bertz CT molecular complexity index is 582. The number of aromatic nitrogens is 2. The SMILES string of the molecule is CC(=O)O[C@H]1C[C@H]2O[C@@H]1COc1nc(=O)c(C)cn12. The number of hydrogen-bond donors (Lipinski definition) is 0. The maximum atomic E-state index is 11.5. The van der Waals surface area contributed by atoms with Crippen LogP contribution in [0.4, 0.5) is 0 Å². The fourth-order valence-corrected chi connectivity index (χ4v) is 2.38. The molecule has 0 radical (unpaired) electrons. The molecular formula is C12H14N2O5. The molecular weight excluding hydrogens is 252 g/mol. The Hall–Kier alpha value is -1.89. The second-order valence-electron chi connectivity index (χ2n) is 4.74. The second kappa shape index (κ2) is 4.34. The van der Waals surface area contributed by atoms with Gasteiger partial charge in [-0.05, 0) is 6.92 Å². The number of carbonyl (C=O) groups is 1. The Kier molecular flexibility index (Phi) is 2.78. The number of rotatable bonds is 1. The number of carbonyl (C=O) groups excluding carboxylic acids is 1. The first-order valence-electron chi connectivity index (χ1n) is 6.10. The van der Waals surface area contributed by atoms with Crippen LogP contribution in [0.1, 0.15) is 25.1 Å². The summed E-state index contributed by atoms with van der Waals surface area (Å²) in [4.78, 5) is 26.4. The lowest BCUT2D eigenvalue weighted by Gasteiger charge is -2.19. The van der Waals surface area contributed by atoms with Crippen LogP contribution in [0.15, 0.2) is 11.0 Å². The van der Waals surface area contributed by atoms with Gasteiger partial charge in [0.1, 0.15) is 25.0 Å². The Morgan fingerprint density at radius 3 is 3.11 bits per heavy atom. The van der Waals surface area contributed by atoms with Crippen molar-refractivity contribution in [3.63, 3.8) is 0 Å². The third kappa shape index (κ3) is 2.10. The number of hydrogen-bond acceptors (Lipinski definition) is 6. The minimum absolute atomic E-state index is 0.212. The van der Waals surface area contributed by atoms with Crippen molar-refractivity contribution in [1.29, 1.82) is 0 Å². The molecule has 2 bridgehead atoms. The van der Waals surface area contributed by atoms with Crippen LogP contribution in [-0.4, -0.2) is 34.3 Å². The van der Waals surface area contributed by atoms with E-state index in [1.165, 1.54) is 6.92 Å². The van der Waals surface area contributed by atoms with Gasteiger partial charge < -0.3 is 14.2 Å². The lowest BCUT2D eigenvalue weighted by molar-refractivity contribution is -0.149. The van der Waals surface area contributed by atoms with E-state index in [1.807, 2.05) is 0 Å². The van der Waals surface area contributed by atoms with Crippen LogP contribution in [0.5, 0.6) is 6.01 Å². The van der Waals surface area contributed by atoms with E-state index in [0.717, 1.165) is 0 Å². The smallest absolute Gasteiger partial charge is 0.303 e. The van der Waals surface area contributed by atoms with Gasteiger partial charge in [-0.1, -0.05) is 0 Å². The molecule has 2 aliphatic heterocycles. The summed E-state index contributed by atoms with van der Waals surface area (Å²) in [6.45, 7) is 3.26. The highest BCUT2D eigenvalue weighted by Crippen LogP contribution is 2.35. The fourth-order valence-electron chi connectivity index (χ4n) is 2.38. The topological polar surface area (TPSA) is 79.7 Å². The van der Waals surface area contributed by atoms with E-state index in [2.05, 4.69) is 4.98 Å². The molecule has 0 aromatic carbocycles. The van der Waals surface area contributed by atoms with Crippen LogP contribution in [0.3, 0.4) is 0 Å². The monoisotopic (exact) mass is 266 g/mol. The summed E-state index contributed by atoms with van der Waals surface area (Å²) in [7, 11) is 0. The molecule has 0 unspecified atom stereocenters. The zero-order chi connectivity index (χ0) is 13.6. The van der Waals surface area contributed by atoms with Gasteiger partial charge in [0.25, 0.3) is 5.56 Å². The molecule has 0 amide bonds. The summed E-state index contributed by atoms with van der Waals surface area (Å²) in [5.74, 6) is -0.339. The summed E-state index contributed by atoms with van der Waals surface area (Å²) in [5.41, 5.74) is 0.214. The summed E-state index contributed by atoms with van der Waals surface area (Å²) in [6, 6.07) is 0.254. The average molecular weight is 266 g/mol. The molecule has 7 heteroatoms. The summed E-state index contributed by atoms with van der Waals surface area (Å²) >= 11 is 0. The van der Waals surface area contributed by atoms with Gasteiger partial charge in [-0.2, -0.15) is 4.98 Å². The first kappa shape index (κ1) is 12.2. The Labute approximate surface area is 109 Å². The standard InChI is InChI=1S/C12H14N2O5/c1-6-4-14-10-3-8(18-7(2)15)9(19-10)5-17-12(14)13-11(6)16/h4,8-10H,3,5H2,1-2H3/t8-,9+,10+/m0/s1. The van der Waals surface area contributed by atoms with E-state index in [-0.39, 0.29) is 42.6 Å². The van der Waals surface area contributed by atoms with Crippen molar-refractivity contribution in [2.45, 2.75) is 38.7 Å². The van der Waals surface area contributed by atoms with Gasteiger partial charge in [-0.15, -0.1) is 0 Å². The van der Waals surface area contributed by atoms with Crippen LogP contribution in [-0.2, 0) is 14.3 Å². The number of esters is 1. The van der Waals surface area contributed by atoms with Crippen LogP contribution >= 0.6 is 0 Å². The van der Waals surface area contributed by atoms with Crippen molar-refractivity contribution in [3.8, 4) is 6.01 Å². The predicted molar refractivity (Wildman–Crippen MR) is 62.8 cm³/mol. The lowest BCUT2D eigenvalue weighted by Crippen LogP contribution is -2.32. The molecule has 2 aliphatic rings. The first-order chi connectivity index (χ1) is 9.04. The number of aryl methyl sites for hydroxylation is 1. The highest BCUT2D eigenvalue weighted by atomic mass is 16.6. The number of fused-ring (bicyclic) bond motifs is 4. The van der Waals surface area contributed by atoms with Crippen molar-refractivity contribution >= 4 is 5.97 Å². The molecule has 3 heterocycles. The molecule has 1 saturated heterocycles. The largest absolute Gasteiger partial charge is 0.462 e. The second-order valence-corrected chi connectivity index (χ2v) is 4.74. The highest BCUT2D eigenvalue weighted by Gasteiger charge is 2.42.